The number of aromatic nitrogens is 1. The topological polar surface area (TPSA) is 59.1 Å². The van der Waals surface area contributed by atoms with Crippen LogP contribution in [0, 0.1) is 6.92 Å². The summed E-state index contributed by atoms with van der Waals surface area (Å²) in [6, 6.07) is 15.5. The van der Waals surface area contributed by atoms with Crippen LogP contribution in [0.5, 0.6) is 0 Å². The third-order valence-electron chi connectivity index (χ3n) is 4.21. The van der Waals surface area contributed by atoms with Gasteiger partial charge in [-0.3, -0.25) is 14.6 Å². The zero-order chi connectivity index (χ0) is 16.9. The van der Waals surface area contributed by atoms with Crippen molar-refractivity contribution in [2.45, 2.75) is 32.2 Å². The molecule has 1 aliphatic rings. The summed E-state index contributed by atoms with van der Waals surface area (Å²) in [5.74, 6) is -0.198. The summed E-state index contributed by atoms with van der Waals surface area (Å²) >= 11 is 0. The van der Waals surface area contributed by atoms with Gasteiger partial charge in [-0.25, -0.2) is 0 Å². The first kappa shape index (κ1) is 16.1. The highest BCUT2D eigenvalue weighted by Gasteiger charge is 2.31. The second-order valence-electron chi connectivity index (χ2n) is 6.07. The van der Waals surface area contributed by atoms with E-state index in [0.29, 0.717) is 19.4 Å². The predicted octanol–water partition coefficient (Wildman–Crippen LogP) is 3.08. The van der Waals surface area contributed by atoms with Gasteiger partial charge in [0.05, 0.1) is 17.8 Å². The molecule has 0 spiro atoms. The van der Waals surface area contributed by atoms with Gasteiger partial charge in [0.1, 0.15) is 0 Å². The van der Waals surface area contributed by atoms with Crippen LogP contribution in [0.25, 0.3) is 0 Å². The number of hydrogen-bond donors (Lipinski definition) is 1. The maximum Gasteiger partial charge on any atom is 0.168 e. The molecule has 1 saturated carbocycles. The number of carbonyl (C=O) groups excluding carboxylic acids is 2. The molecule has 122 valence electrons. The van der Waals surface area contributed by atoms with Crippen molar-refractivity contribution in [2.75, 3.05) is 0 Å². The predicted molar refractivity (Wildman–Crippen MR) is 92.3 cm³/mol. The molecule has 1 aromatic heterocycles. The monoisotopic (exact) mass is 320 g/mol. The summed E-state index contributed by atoms with van der Waals surface area (Å²) in [5, 5.41) is 3.05. The van der Waals surface area contributed by atoms with Gasteiger partial charge in [0.2, 0.25) is 0 Å². The Hall–Kier alpha value is -2.75. The number of carbonyl (C=O) groups is 2. The molecule has 0 bridgehead atoms. The van der Waals surface area contributed by atoms with E-state index >= 15 is 0 Å². The van der Waals surface area contributed by atoms with Gasteiger partial charge in [0.15, 0.2) is 11.6 Å². The summed E-state index contributed by atoms with van der Waals surface area (Å²) < 4.78 is 0. The first-order valence-electron chi connectivity index (χ1n) is 8.11. The third-order valence-corrected chi connectivity index (χ3v) is 4.21. The highest BCUT2D eigenvalue weighted by molar-refractivity contribution is 6.22. The Bertz CT molecular complexity index is 761. The summed E-state index contributed by atoms with van der Waals surface area (Å²) in [7, 11) is 0. The van der Waals surface area contributed by atoms with E-state index in [0.717, 1.165) is 17.0 Å². The van der Waals surface area contributed by atoms with E-state index in [4.69, 9.17) is 0 Å². The Kier molecular flexibility index (Phi) is 4.85. The molecule has 1 aromatic carbocycles. The van der Waals surface area contributed by atoms with Crippen molar-refractivity contribution in [3.63, 3.8) is 0 Å². The standard InChI is InChI=1S/C20H20N2O2/c1-14-6-5-9-17(22-14)12-21-13-18-19(23)10-16(11-20(18)24)15-7-3-2-4-8-15/h2-9,13,16,21H,10-12H2,1H3. The number of pyridine rings is 1. The minimum absolute atomic E-state index is 0.0122. The van der Waals surface area contributed by atoms with Crippen molar-refractivity contribution < 1.29 is 9.59 Å². The lowest BCUT2D eigenvalue weighted by Gasteiger charge is -2.22. The van der Waals surface area contributed by atoms with Crippen LogP contribution in [0.2, 0.25) is 0 Å². The number of benzene rings is 1. The number of Topliss-reactive ketones (excluding diaryl/α,β-unsaturated/α-hetero) is 2. The normalized spacial score (nSPS) is 17.7. The van der Waals surface area contributed by atoms with Crippen LogP contribution in [0.3, 0.4) is 0 Å². The summed E-state index contributed by atoms with van der Waals surface area (Å²) in [6.45, 7) is 2.42. The van der Waals surface area contributed by atoms with E-state index in [1.807, 2.05) is 55.5 Å². The second kappa shape index (κ2) is 7.21. The van der Waals surface area contributed by atoms with E-state index in [9.17, 15) is 9.59 Å². The van der Waals surface area contributed by atoms with Crippen LogP contribution in [0.4, 0.5) is 0 Å². The number of rotatable bonds is 4. The van der Waals surface area contributed by atoms with Gasteiger partial charge < -0.3 is 5.32 Å². The summed E-state index contributed by atoms with van der Waals surface area (Å²) in [6.07, 6.45) is 2.31. The molecular formula is C20H20N2O2. The Morgan fingerprint density at radius 2 is 1.75 bits per heavy atom. The van der Waals surface area contributed by atoms with Gasteiger partial charge in [-0.05, 0) is 30.5 Å². The maximum absolute atomic E-state index is 12.3. The Balaban J connectivity index is 1.65. The quantitative estimate of drug-likeness (QED) is 0.695. The van der Waals surface area contributed by atoms with Crippen LogP contribution in [0.1, 0.15) is 35.7 Å². The fraction of sp³-hybridized carbons (Fsp3) is 0.250. The van der Waals surface area contributed by atoms with E-state index in [1.165, 1.54) is 0 Å². The van der Waals surface area contributed by atoms with Gasteiger partial charge in [-0.1, -0.05) is 36.4 Å². The van der Waals surface area contributed by atoms with Gasteiger partial charge >= 0.3 is 0 Å². The van der Waals surface area contributed by atoms with Crippen molar-refractivity contribution >= 4 is 11.6 Å². The largest absolute Gasteiger partial charge is 0.385 e. The highest BCUT2D eigenvalue weighted by atomic mass is 16.1. The lowest BCUT2D eigenvalue weighted by molar-refractivity contribution is -0.124. The van der Waals surface area contributed by atoms with Crippen LogP contribution >= 0.6 is 0 Å². The fourth-order valence-corrected chi connectivity index (χ4v) is 2.97. The maximum atomic E-state index is 12.3. The third kappa shape index (κ3) is 3.77. The zero-order valence-corrected chi connectivity index (χ0v) is 13.7. The highest BCUT2D eigenvalue weighted by Crippen LogP contribution is 2.31. The lowest BCUT2D eigenvalue weighted by Crippen LogP contribution is -2.26. The molecule has 0 atom stereocenters. The molecule has 4 nitrogen and oxygen atoms in total. The molecule has 0 radical (unpaired) electrons. The molecule has 1 heterocycles. The van der Waals surface area contributed by atoms with E-state index in [2.05, 4.69) is 10.3 Å². The van der Waals surface area contributed by atoms with Crippen molar-refractivity contribution in [1.82, 2.24) is 10.3 Å². The molecule has 1 aliphatic carbocycles. The number of ketones is 2. The molecule has 0 amide bonds. The van der Waals surface area contributed by atoms with Crippen LogP contribution in [-0.2, 0) is 16.1 Å². The van der Waals surface area contributed by atoms with Crippen molar-refractivity contribution in [2.24, 2.45) is 0 Å². The average Bonchev–Trinajstić information content (AvgIpc) is 2.58. The number of allylic oxidation sites excluding steroid dienone is 1. The van der Waals surface area contributed by atoms with Gasteiger partial charge in [0.25, 0.3) is 0 Å². The number of hydrogen-bond acceptors (Lipinski definition) is 4. The zero-order valence-electron chi connectivity index (χ0n) is 13.7. The molecule has 0 saturated heterocycles. The van der Waals surface area contributed by atoms with Crippen molar-refractivity contribution in [3.8, 4) is 0 Å². The van der Waals surface area contributed by atoms with Gasteiger partial charge in [-0.2, -0.15) is 0 Å². The molecule has 0 unspecified atom stereocenters. The molecule has 3 rings (SSSR count). The second-order valence-corrected chi connectivity index (χ2v) is 6.07. The number of nitrogens with one attached hydrogen (secondary N) is 1. The van der Waals surface area contributed by atoms with Crippen molar-refractivity contribution in [3.05, 3.63) is 77.3 Å². The minimum atomic E-state index is -0.0928. The molecule has 0 aliphatic heterocycles. The van der Waals surface area contributed by atoms with E-state index < -0.39 is 0 Å². The van der Waals surface area contributed by atoms with Gasteiger partial charge in [-0.15, -0.1) is 0 Å². The Morgan fingerprint density at radius 1 is 1.04 bits per heavy atom. The minimum Gasteiger partial charge on any atom is -0.385 e. The van der Waals surface area contributed by atoms with E-state index in [-0.39, 0.29) is 23.1 Å². The summed E-state index contributed by atoms with van der Waals surface area (Å²) in [4.78, 5) is 29.1. The van der Waals surface area contributed by atoms with Crippen LogP contribution in [0.15, 0.2) is 60.3 Å². The van der Waals surface area contributed by atoms with E-state index in [1.54, 1.807) is 6.20 Å². The molecular weight excluding hydrogens is 300 g/mol. The first-order chi connectivity index (χ1) is 11.6. The van der Waals surface area contributed by atoms with Crippen LogP contribution in [-0.4, -0.2) is 16.6 Å². The summed E-state index contributed by atoms with van der Waals surface area (Å²) in [5.41, 5.74) is 3.15. The smallest absolute Gasteiger partial charge is 0.168 e. The molecule has 4 heteroatoms. The average molecular weight is 320 g/mol. The Labute approximate surface area is 141 Å². The number of nitrogens with zero attached hydrogens (tertiary/aromatic N) is 1. The SMILES string of the molecule is Cc1cccc(CNC=C2C(=O)CC(c3ccccc3)CC2=O)n1. The molecule has 24 heavy (non-hydrogen) atoms. The molecule has 1 N–H and O–H groups in total. The Morgan fingerprint density at radius 3 is 2.42 bits per heavy atom. The molecule has 1 fully saturated rings. The molecule has 2 aromatic rings. The lowest BCUT2D eigenvalue weighted by atomic mass is 9.80. The first-order valence-corrected chi connectivity index (χ1v) is 8.11. The van der Waals surface area contributed by atoms with Crippen molar-refractivity contribution in [1.29, 1.82) is 0 Å². The fourth-order valence-electron chi connectivity index (χ4n) is 2.97. The van der Waals surface area contributed by atoms with Crippen LogP contribution < -0.4 is 5.32 Å². The number of aryl methyl sites for hydroxylation is 1. The van der Waals surface area contributed by atoms with Gasteiger partial charge in [0, 0.05) is 24.7 Å².